The van der Waals surface area contributed by atoms with Gasteiger partial charge < -0.3 is 15.0 Å². The Morgan fingerprint density at radius 2 is 2.08 bits per heavy atom. The second-order valence-corrected chi connectivity index (χ2v) is 12.6. The first-order valence-electron chi connectivity index (χ1n) is 12.1. The van der Waals surface area contributed by atoms with Crippen molar-refractivity contribution in [3.8, 4) is 5.75 Å². The van der Waals surface area contributed by atoms with Crippen LogP contribution in [0.15, 0.2) is 29.3 Å². The molecule has 1 saturated heterocycles. The van der Waals surface area contributed by atoms with Gasteiger partial charge in [0.25, 0.3) is 16.1 Å². The van der Waals surface area contributed by atoms with Crippen molar-refractivity contribution < 1.29 is 17.9 Å². The van der Waals surface area contributed by atoms with E-state index in [1.165, 1.54) is 25.4 Å². The number of rotatable bonds is 9. The molecule has 1 aromatic carbocycles. The number of ether oxygens (including phenoxy) is 1. The first-order valence-corrected chi connectivity index (χ1v) is 14.7. The summed E-state index contributed by atoms with van der Waals surface area (Å²) in [6.45, 7) is 8.81. The van der Waals surface area contributed by atoms with Gasteiger partial charge in [0.15, 0.2) is 6.10 Å². The number of hydrogen-bond acceptors (Lipinski definition) is 7. The average molecular weight is 566 g/mol. The molecule has 3 heterocycles. The summed E-state index contributed by atoms with van der Waals surface area (Å²) in [5.41, 5.74) is 3.27. The van der Waals surface area contributed by atoms with Crippen molar-refractivity contribution in [2.45, 2.75) is 25.9 Å². The van der Waals surface area contributed by atoms with Gasteiger partial charge in [0, 0.05) is 79.8 Å². The van der Waals surface area contributed by atoms with Crippen LogP contribution in [-0.4, -0.2) is 83.2 Å². The van der Waals surface area contributed by atoms with Crippen molar-refractivity contribution >= 4 is 57.0 Å². The number of halogens is 1. The number of nitrogens with zero attached hydrogens (tertiary/aromatic N) is 3. The number of aliphatic imine (C=N–C) groups is 1. The van der Waals surface area contributed by atoms with E-state index in [9.17, 15) is 13.2 Å². The topological polar surface area (TPSA) is 103 Å². The quantitative estimate of drug-likeness (QED) is 0.455. The number of fused-ring (bicyclic) bond motifs is 1. The number of nitrogens with one attached hydrogen (secondary N) is 2. The minimum absolute atomic E-state index is 0.00571. The highest BCUT2D eigenvalue weighted by Gasteiger charge is 2.35. The van der Waals surface area contributed by atoms with Crippen LogP contribution in [0.4, 0.5) is 5.69 Å². The lowest BCUT2D eigenvalue weighted by atomic mass is 9.98. The number of hydrogen-bond donors (Lipinski definition) is 2. The van der Waals surface area contributed by atoms with E-state index in [-0.39, 0.29) is 12.5 Å². The molecule has 37 heavy (non-hydrogen) atoms. The first kappa shape index (κ1) is 27.7. The standard InChI is InChI=1S/C25H32ClN5O4S2/c1-5-19(24-21(27-2)15-18(36-24)6-7-29-37(33,34)30(3)4)20-14-17(26)12-16-13-22(35-23(16)20)25(32)31-10-8-28-9-11-31/h5,12,14-15,22,28-29H,2,6-11,13H2,1,3-4H3/b19-5-. The summed E-state index contributed by atoms with van der Waals surface area (Å²) in [6.07, 6.45) is 2.36. The highest BCUT2D eigenvalue weighted by atomic mass is 35.5. The zero-order valence-electron chi connectivity index (χ0n) is 21.2. The van der Waals surface area contributed by atoms with Crippen LogP contribution in [0.2, 0.25) is 5.02 Å². The number of allylic oxidation sites excluding steroid dienone is 1. The van der Waals surface area contributed by atoms with Crippen LogP contribution in [0, 0.1) is 0 Å². The number of piperazine rings is 1. The monoisotopic (exact) mass is 565 g/mol. The van der Waals surface area contributed by atoms with Crippen LogP contribution in [0.5, 0.6) is 5.75 Å². The maximum Gasteiger partial charge on any atom is 0.278 e. The van der Waals surface area contributed by atoms with E-state index in [1.807, 2.05) is 36.1 Å². The molecular weight excluding hydrogens is 534 g/mol. The van der Waals surface area contributed by atoms with Gasteiger partial charge in [-0.15, -0.1) is 11.3 Å². The van der Waals surface area contributed by atoms with Crippen molar-refractivity contribution in [2.24, 2.45) is 4.99 Å². The molecular formula is C25H32ClN5O4S2. The number of benzene rings is 1. The van der Waals surface area contributed by atoms with Crippen molar-refractivity contribution in [3.63, 3.8) is 0 Å². The highest BCUT2D eigenvalue weighted by molar-refractivity contribution is 7.87. The lowest BCUT2D eigenvalue weighted by molar-refractivity contribution is -0.138. The molecule has 0 radical (unpaired) electrons. The summed E-state index contributed by atoms with van der Waals surface area (Å²) in [6, 6.07) is 5.63. The van der Waals surface area contributed by atoms with E-state index in [2.05, 4.69) is 21.7 Å². The number of carbonyl (C=O) groups excluding carboxylic acids is 1. The predicted octanol–water partition coefficient (Wildman–Crippen LogP) is 2.86. The summed E-state index contributed by atoms with van der Waals surface area (Å²) in [4.78, 5) is 21.1. The lowest BCUT2D eigenvalue weighted by Crippen LogP contribution is -2.50. The summed E-state index contributed by atoms with van der Waals surface area (Å²) in [5.74, 6) is 0.656. The summed E-state index contributed by atoms with van der Waals surface area (Å²) >= 11 is 8.04. The molecule has 1 fully saturated rings. The third-order valence-corrected chi connectivity index (χ3v) is 9.36. The van der Waals surface area contributed by atoms with E-state index in [1.54, 1.807) is 0 Å². The molecule has 0 bridgehead atoms. The summed E-state index contributed by atoms with van der Waals surface area (Å²) < 4.78 is 34.1. The SMILES string of the molecule is C=Nc1cc(CCNS(=O)(=O)N(C)C)sc1/C(=C\C)c1cc(Cl)cc2c1OC(C(=O)N1CCNCC1)C2. The minimum atomic E-state index is -3.50. The zero-order chi connectivity index (χ0) is 26.7. The largest absolute Gasteiger partial charge is 0.479 e. The normalized spacial score (nSPS) is 18.1. The number of carbonyl (C=O) groups is 1. The zero-order valence-corrected chi connectivity index (χ0v) is 23.6. The predicted molar refractivity (Wildman–Crippen MR) is 150 cm³/mol. The minimum Gasteiger partial charge on any atom is -0.479 e. The fraction of sp³-hybridized carbons (Fsp3) is 0.440. The van der Waals surface area contributed by atoms with Gasteiger partial charge in [-0.3, -0.25) is 9.79 Å². The van der Waals surface area contributed by atoms with E-state index < -0.39 is 16.3 Å². The van der Waals surface area contributed by atoms with Crippen LogP contribution in [0.25, 0.3) is 5.57 Å². The smallest absolute Gasteiger partial charge is 0.278 e. The molecule has 2 aliphatic rings. The summed E-state index contributed by atoms with van der Waals surface area (Å²) in [5, 5.41) is 3.83. The van der Waals surface area contributed by atoms with Gasteiger partial charge in [0.05, 0.1) is 10.6 Å². The van der Waals surface area contributed by atoms with Crippen molar-refractivity contribution in [2.75, 3.05) is 46.8 Å². The molecule has 2 aromatic rings. The Hall–Kier alpha value is -2.28. The molecule has 200 valence electrons. The average Bonchev–Trinajstić information content (AvgIpc) is 3.48. The molecule has 2 N–H and O–H groups in total. The van der Waals surface area contributed by atoms with Crippen molar-refractivity contribution in [3.05, 3.63) is 50.2 Å². The van der Waals surface area contributed by atoms with E-state index >= 15 is 0 Å². The van der Waals surface area contributed by atoms with E-state index in [0.717, 1.165) is 43.8 Å². The molecule has 12 heteroatoms. The Bertz CT molecular complexity index is 1320. The second-order valence-electron chi connectivity index (χ2n) is 9.05. The van der Waals surface area contributed by atoms with E-state index in [0.29, 0.717) is 42.4 Å². The molecule has 4 rings (SSSR count). The molecule has 9 nitrogen and oxygen atoms in total. The van der Waals surface area contributed by atoms with Crippen LogP contribution < -0.4 is 14.8 Å². The van der Waals surface area contributed by atoms with Crippen molar-refractivity contribution in [1.29, 1.82) is 0 Å². The molecule has 0 saturated carbocycles. The van der Waals surface area contributed by atoms with Gasteiger partial charge >= 0.3 is 0 Å². The molecule has 0 aliphatic carbocycles. The van der Waals surface area contributed by atoms with Gasteiger partial charge in [-0.05, 0) is 38.3 Å². The lowest BCUT2D eigenvalue weighted by Gasteiger charge is -2.29. The third-order valence-electron chi connectivity index (χ3n) is 6.39. The molecule has 0 spiro atoms. The van der Waals surface area contributed by atoms with Gasteiger partial charge in [-0.1, -0.05) is 17.7 Å². The molecule has 2 aliphatic heterocycles. The Morgan fingerprint density at radius 3 is 2.73 bits per heavy atom. The maximum absolute atomic E-state index is 13.1. The van der Waals surface area contributed by atoms with E-state index in [4.69, 9.17) is 16.3 Å². The second kappa shape index (κ2) is 11.6. The van der Waals surface area contributed by atoms with Crippen LogP contribution in [-0.2, 0) is 27.8 Å². The Kier molecular flexibility index (Phi) is 8.72. The highest BCUT2D eigenvalue weighted by Crippen LogP contribution is 2.45. The molecule has 1 aromatic heterocycles. The fourth-order valence-corrected chi connectivity index (χ4v) is 6.52. The number of thiophene rings is 1. The van der Waals surface area contributed by atoms with Crippen LogP contribution in [0.3, 0.4) is 0 Å². The van der Waals surface area contributed by atoms with Gasteiger partial charge in [0.1, 0.15) is 5.75 Å². The molecule has 1 atom stereocenters. The Labute approximate surface area is 227 Å². The molecule has 1 amide bonds. The fourth-order valence-electron chi connectivity index (χ4n) is 4.46. The summed E-state index contributed by atoms with van der Waals surface area (Å²) in [7, 11) is -0.532. The Morgan fingerprint density at radius 1 is 1.35 bits per heavy atom. The number of amides is 1. The van der Waals surface area contributed by atoms with Gasteiger partial charge in [-0.25, -0.2) is 4.72 Å². The third kappa shape index (κ3) is 6.08. The van der Waals surface area contributed by atoms with Crippen molar-refractivity contribution in [1.82, 2.24) is 19.2 Å². The molecule has 1 unspecified atom stereocenters. The van der Waals surface area contributed by atoms with Gasteiger partial charge in [-0.2, -0.15) is 12.7 Å². The van der Waals surface area contributed by atoms with Crippen LogP contribution >= 0.6 is 22.9 Å². The maximum atomic E-state index is 13.1. The Balaban J connectivity index is 1.59. The van der Waals surface area contributed by atoms with Crippen LogP contribution in [0.1, 0.15) is 27.8 Å². The van der Waals surface area contributed by atoms with Gasteiger partial charge in [0.2, 0.25) is 0 Å². The first-order chi connectivity index (χ1) is 17.6.